The van der Waals surface area contributed by atoms with Crippen LogP contribution < -0.4 is 18.9 Å². The monoisotopic (exact) mass is 226 g/mol. The molecule has 0 spiro atoms. The predicted molar refractivity (Wildman–Crippen MR) is 48.6 cm³/mol. The summed E-state index contributed by atoms with van der Waals surface area (Å²) in [6.07, 6.45) is 0. The molecule has 1 aromatic carbocycles. The van der Waals surface area contributed by atoms with Gasteiger partial charge in [0.2, 0.25) is 0 Å². The van der Waals surface area contributed by atoms with Crippen molar-refractivity contribution in [3.63, 3.8) is 0 Å². The number of aliphatic hydroxyl groups excluding tert-OH is 2. The molecule has 1 rings (SSSR count). The van der Waals surface area contributed by atoms with Gasteiger partial charge in [-0.3, -0.25) is 0 Å². The number of hydrogen-bond donors (Lipinski definition) is 2. The smallest absolute Gasteiger partial charge is 0.744 e. The molecule has 5 nitrogen and oxygen atoms in total. The van der Waals surface area contributed by atoms with E-state index in [1.54, 1.807) is 6.07 Å². The Morgan fingerprint density at radius 3 is 1.67 bits per heavy atom. The maximum Gasteiger partial charge on any atom is 1.00 e. The summed E-state index contributed by atoms with van der Waals surface area (Å²) in [5, 5.41) is 15.2. The van der Waals surface area contributed by atoms with Crippen molar-refractivity contribution in [2.24, 2.45) is 0 Å². The van der Waals surface area contributed by atoms with Crippen molar-refractivity contribution in [2.45, 2.75) is 4.90 Å². The zero-order valence-electron chi connectivity index (χ0n) is 8.33. The van der Waals surface area contributed by atoms with Crippen LogP contribution in [-0.4, -0.2) is 36.4 Å². The number of rotatable bonds is 2. The maximum absolute atomic E-state index is 10.3. The Bertz CT molecular complexity index is 335. The Morgan fingerprint density at radius 2 is 1.47 bits per heavy atom. The van der Waals surface area contributed by atoms with Crippen molar-refractivity contribution in [1.82, 2.24) is 0 Å². The van der Waals surface area contributed by atoms with Crippen molar-refractivity contribution < 1.29 is 42.0 Å². The molecule has 0 heterocycles. The molecule has 0 atom stereocenters. The summed E-state index contributed by atoms with van der Waals surface area (Å²) in [6.45, 7) is -0.250. The molecule has 0 aromatic heterocycles. The van der Waals surface area contributed by atoms with Gasteiger partial charge in [-0.25, -0.2) is 8.42 Å². The summed E-state index contributed by atoms with van der Waals surface area (Å²) in [5.74, 6) is 0. The van der Waals surface area contributed by atoms with Crippen LogP contribution in [0.5, 0.6) is 0 Å². The van der Waals surface area contributed by atoms with Gasteiger partial charge in [-0.05, 0) is 12.1 Å². The molecule has 0 aliphatic carbocycles. The van der Waals surface area contributed by atoms with Gasteiger partial charge in [-0.15, -0.1) is 0 Å². The Kier molecular flexibility index (Phi) is 10.1. The van der Waals surface area contributed by atoms with Crippen LogP contribution >= 0.6 is 0 Å². The first-order valence-electron chi connectivity index (χ1n) is 3.75. The minimum atomic E-state index is -4.25. The standard InChI is InChI=1S/C6H6O3S.C2H6O2.Li/c7-10(8,9)6-4-2-1-3-5-6;3-1-2-4;/h1-5H,(H,7,8,9);3-4H,1-2H2;/q;;+1/p-1. The van der Waals surface area contributed by atoms with Crippen LogP contribution in [0, 0.1) is 0 Å². The molecule has 7 heteroatoms. The van der Waals surface area contributed by atoms with Crippen LogP contribution in [0.25, 0.3) is 0 Å². The molecule has 0 aliphatic heterocycles. The topological polar surface area (TPSA) is 97.7 Å². The molecule has 15 heavy (non-hydrogen) atoms. The first-order chi connectivity index (χ1) is 6.52. The number of aliphatic hydroxyl groups is 2. The normalized spacial score (nSPS) is 9.53. The molecule has 0 bridgehead atoms. The molecular formula is C8H11LiO5S. The molecular weight excluding hydrogens is 215 g/mol. The molecule has 0 aliphatic rings. The second-order valence-corrected chi connectivity index (χ2v) is 3.59. The van der Waals surface area contributed by atoms with Gasteiger partial charge in [0, 0.05) is 0 Å². The first-order valence-corrected chi connectivity index (χ1v) is 5.16. The van der Waals surface area contributed by atoms with Crippen molar-refractivity contribution >= 4 is 10.1 Å². The van der Waals surface area contributed by atoms with Gasteiger partial charge in [-0.2, -0.15) is 0 Å². The van der Waals surface area contributed by atoms with E-state index < -0.39 is 10.1 Å². The zero-order valence-corrected chi connectivity index (χ0v) is 9.14. The van der Waals surface area contributed by atoms with Crippen LogP contribution in [0.2, 0.25) is 0 Å². The van der Waals surface area contributed by atoms with Crippen LogP contribution in [0.15, 0.2) is 35.2 Å². The van der Waals surface area contributed by atoms with E-state index in [9.17, 15) is 13.0 Å². The van der Waals surface area contributed by atoms with E-state index in [-0.39, 0.29) is 37.0 Å². The maximum atomic E-state index is 10.3. The van der Waals surface area contributed by atoms with Gasteiger partial charge in [-0.1, -0.05) is 18.2 Å². The van der Waals surface area contributed by atoms with Gasteiger partial charge >= 0.3 is 18.9 Å². The third kappa shape index (κ3) is 8.63. The molecule has 0 unspecified atom stereocenters. The Hall–Kier alpha value is -0.353. The quantitative estimate of drug-likeness (QED) is 0.404. The summed E-state index contributed by atoms with van der Waals surface area (Å²) in [7, 11) is -4.25. The summed E-state index contributed by atoms with van der Waals surface area (Å²) >= 11 is 0. The zero-order chi connectivity index (χ0) is 11.0. The molecule has 0 fully saturated rings. The SMILES string of the molecule is O=S(=O)([O-])c1ccccc1.OCCO.[Li+]. The fourth-order valence-corrected chi connectivity index (χ4v) is 1.08. The number of hydrogen-bond acceptors (Lipinski definition) is 5. The second-order valence-electron chi connectivity index (χ2n) is 2.21. The van der Waals surface area contributed by atoms with Crippen molar-refractivity contribution in [1.29, 1.82) is 0 Å². The minimum absolute atomic E-state index is 0. The molecule has 80 valence electrons. The average Bonchev–Trinajstić information content (AvgIpc) is 2.18. The van der Waals surface area contributed by atoms with E-state index in [1.165, 1.54) is 24.3 Å². The third-order valence-corrected chi connectivity index (χ3v) is 1.98. The molecule has 0 saturated carbocycles. The second kappa shape index (κ2) is 8.92. The average molecular weight is 226 g/mol. The van der Waals surface area contributed by atoms with E-state index in [2.05, 4.69) is 0 Å². The Balaban J connectivity index is 0. The van der Waals surface area contributed by atoms with E-state index in [1.807, 2.05) is 0 Å². The largest absolute Gasteiger partial charge is 1.00 e. The minimum Gasteiger partial charge on any atom is -0.744 e. The fraction of sp³-hybridized carbons (Fsp3) is 0.250. The Morgan fingerprint density at radius 1 is 1.07 bits per heavy atom. The van der Waals surface area contributed by atoms with Gasteiger partial charge in [0.05, 0.1) is 18.1 Å². The fourth-order valence-electron chi connectivity index (χ4n) is 0.587. The molecule has 2 N–H and O–H groups in total. The Labute approximate surface area is 101 Å². The van der Waals surface area contributed by atoms with Crippen LogP contribution in [0.3, 0.4) is 0 Å². The van der Waals surface area contributed by atoms with E-state index in [0.717, 1.165) is 0 Å². The molecule has 0 amide bonds. The van der Waals surface area contributed by atoms with Gasteiger partial charge in [0.15, 0.2) is 0 Å². The van der Waals surface area contributed by atoms with Crippen LogP contribution in [0.1, 0.15) is 0 Å². The summed E-state index contributed by atoms with van der Waals surface area (Å²) < 4.78 is 30.8. The van der Waals surface area contributed by atoms with Crippen LogP contribution in [-0.2, 0) is 10.1 Å². The molecule has 0 saturated heterocycles. The molecule has 1 aromatic rings. The number of benzene rings is 1. The third-order valence-electron chi connectivity index (χ3n) is 1.13. The van der Waals surface area contributed by atoms with Crippen molar-refractivity contribution in [3.05, 3.63) is 30.3 Å². The van der Waals surface area contributed by atoms with Crippen molar-refractivity contribution in [3.8, 4) is 0 Å². The van der Waals surface area contributed by atoms with E-state index >= 15 is 0 Å². The summed E-state index contributed by atoms with van der Waals surface area (Å²) in [5.41, 5.74) is 0. The van der Waals surface area contributed by atoms with Gasteiger partial charge in [0.1, 0.15) is 10.1 Å². The van der Waals surface area contributed by atoms with E-state index in [4.69, 9.17) is 10.2 Å². The van der Waals surface area contributed by atoms with Crippen molar-refractivity contribution in [2.75, 3.05) is 13.2 Å². The van der Waals surface area contributed by atoms with Crippen LogP contribution in [0.4, 0.5) is 0 Å². The summed E-state index contributed by atoms with van der Waals surface area (Å²) in [4.78, 5) is -0.185. The van der Waals surface area contributed by atoms with Gasteiger partial charge < -0.3 is 14.8 Å². The summed E-state index contributed by atoms with van der Waals surface area (Å²) in [6, 6.07) is 7.19. The molecule has 0 radical (unpaired) electrons. The van der Waals surface area contributed by atoms with E-state index in [0.29, 0.717) is 0 Å². The van der Waals surface area contributed by atoms with Gasteiger partial charge in [0.25, 0.3) is 0 Å². The first kappa shape index (κ1) is 17.1. The predicted octanol–water partition coefficient (Wildman–Crippen LogP) is -3.43.